The summed E-state index contributed by atoms with van der Waals surface area (Å²) in [6.07, 6.45) is 1.39. The van der Waals surface area contributed by atoms with E-state index in [0.717, 1.165) is 0 Å². The fourth-order valence-corrected chi connectivity index (χ4v) is 1.88. The molecule has 0 aliphatic heterocycles. The van der Waals surface area contributed by atoms with Crippen LogP contribution in [-0.4, -0.2) is 33.1 Å². The zero-order valence-electron chi connectivity index (χ0n) is 11.3. The molecule has 1 aromatic carbocycles. The van der Waals surface area contributed by atoms with E-state index in [2.05, 4.69) is 10.3 Å². The number of rotatable bonds is 6. The molecule has 1 amide bonds. The van der Waals surface area contributed by atoms with E-state index in [9.17, 15) is 14.4 Å². The molecule has 0 aliphatic rings. The molecule has 1 heterocycles. The number of hydrogen-bond acceptors (Lipinski definition) is 4. The van der Waals surface area contributed by atoms with Gasteiger partial charge in [-0.25, -0.2) is 4.98 Å². The third-order valence-corrected chi connectivity index (χ3v) is 2.97. The Hall–Kier alpha value is -2.70. The lowest BCUT2D eigenvalue weighted by molar-refractivity contribution is -0.136. The Morgan fingerprint density at radius 3 is 2.76 bits per heavy atom. The number of aromatic nitrogens is 2. The molecule has 2 rings (SSSR count). The number of carboxylic acids is 1. The highest BCUT2D eigenvalue weighted by Gasteiger charge is 2.06. The van der Waals surface area contributed by atoms with Crippen molar-refractivity contribution in [3.05, 3.63) is 40.9 Å². The van der Waals surface area contributed by atoms with Crippen LogP contribution in [0.5, 0.6) is 0 Å². The summed E-state index contributed by atoms with van der Waals surface area (Å²) in [7, 11) is 0. The summed E-state index contributed by atoms with van der Waals surface area (Å²) in [5.41, 5.74) is 0.420. The van der Waals surface area contributed by atoms with Gasteiger partial charge in [0.05, 0.1) is 23.7 Å². The van der Waals surface area contributed by atoms with E-state index in [0.29, 0.717) is 10.9 Å². The van der Waals surface area contributed by atoms with Crippen molar-refractivity contribution in [2.24, 2.45) is 0 Å². The van der Waals surface area contributed by atoms with E-state index in [4.69, 9.17) is 5.11 Å². The van der Waals surface area contributed by atoms with Crippen LogP contribution in [0.15, 0.2) is 35.4 Å². The summed E-state index contributed by atoms with van der Waals surface area (Å²) in [5, 5.41) is 11.5. The highest BCUT2D eigenvalue weighted by atomic mass is 16.4. The lowest BCUT2D eigenvalue weighted by atomic mass is 10.2. The number of para-hydroxylation sites is 1. The Bertz CT molecular complexity index is 723. The minimum Gasteiger partial charge on any atom is -0.481 e. The molecule has 0 bridgehead atoms. The van der Waals surface area contributed by atoms with Gasteiger partial charge in [0, 0.05) is 19.5 Å². The zero-order chi connectivity index (χ0) is 15.2. The van der Waals surface area contributed by atoms with Gasteiger partial charge in [0.2, 0.25) is 5.91 Å². The minimum absolute atomic E-state index is 0.0824. The monoisotopic (exact) mass is 289 g/mol. The number of benzene rings is 1. The van der Waals surface area contributed by atoms with Crippen LogP contribution < -0.4 is 10.9 Å². The number of nitrogens with one attached hydrogen (secondary N) is 1. The van der Waals surface area contributed by atoms with Gasteiger partial charge in [-0.2, -0.15) is 0 Å². The number of carbonyl (C=O) groups is 2. The predicted octanol–water partition coefficient (Wildman–Crippen LogP) is 0.377. The third kappa shape index (κ3) is 3.88. The van der Waals surface area contributed by atoms with E-state index in [1.54, 1.807) is 24.3 Å². The minimum atomic E-state index is -0.967. The molecule has 0 saturated carbocycles. The van der Waals surface area contributed by atoms with Gasteiger partial charge in [-0.1, -0.05) is 12.1 Å². The van der Waals surface area contributed by atoms with Crippen LogP contribution in [0, 0.1) is 0 Å². The molecule has 0 aliphatic carbocycles. The molecule has 21 heavy (non-hydrogen) atoms. The van der Waals surface area contributed by atoms with Gasteiger partial charge in [0.25, 0.3) is 5.56 Å². The first-order valence-corrected chi connectivity index (χ1v) is 6.50. The summed E-state index contributed by atoms with van der Waals surface area (Å²) < 4.78 is 1.37. The molecule has 7 heteroatoms. The van der Waals surface area contributed by atoms with Gasteiger partial charge >= 0.3 is 5.97 Å². The van der Waals surface area contributed by atoms with Crippen molar-refractivity contribution in [2.75, 3.05) is 6.54 Å². The first kappa shape index (κ1) is 14.7. The molecular weight excluding hydrogens is 274 g/mol. The lowest BCUT2D eigenvalue weighted by Gasteiger charge is -2.07. The second-order valence-electron chi connectivity index (χ2n) is 4.50. The average Bonchev–Trinajstić information content (AvgIpc) is 2.46. The van der Waals surface area contributed by atoms with Crippen LogP contribution >= 0.6 is 0 Å². The van der Waals surface area contributed by atoms with E-state index in [1.165, 1.54) is 10.9 Å². The Labute approximate surface area is 120 Å². The average molecular weight is 289 g/mol. The van der Waals surface area contributed by atoms with Crippen molar-refractivity contribution in [1.29, 1.82) is 0 Å². The third-order valence-electron chi connectivity index (χ3n) is 2.97. The maximum absolute atomic E-state index is 12.2. The van der Waals surface area contributed by atoms with Gasteiger partial charge in [-0.15, -0.1) is 0 Å². The van der Waals surface area contributed by atoms with E-state index in [1.807, 2.05) is 0 Å². The molecule has 0 saturated heterocycles. The Balaban J connectivity index is 1.97. The maximum Gasteiger partial charge on any atom is 0.305 e. The number of aliphatic carboxylic acids is 1. The van der Waals surface area contributed by atoms with Crippen LogP contribution in [0.1, 0.15) is 12.8 Å². The summed E-state index contributed by atoms with van der Waals surface area (Å²) >= 11 is 0. The van der Waals surface area contributed by atoms with Crippen LogP contribution in [0.3, 0.4) is 0 Å². The van der Waals surface area contributed by atoms with Gasteiger partial charge in [-0.05, 0) is 12.1 Å². The fourth-order valence-electron chi connectivity index (χ4n) is 1.88. The van der Waals surface area contributed by atoms with Gasteiger partial charge in [-0.3, -0.25) is 19.0 Å². The molecule has 7 nitrogen and oxygen atoms in total. The molecule has 1 aromatic heterocycles. The topological polar surface area (TPSA) is 101 Å². The van der Waals surface area contributed by atoms with Gasteiger partial charge < -0.3 is 10.4 Å². The smallest absolute Gasteiger partial charge is 0.305 e. The number of aryl methyl sites for hydroxylation is 1. The quantitative estimate of drug-likeness (QED) is 0.800. The van der Waals surface area contributed by atoms with Crippen LogP contribution in [0.25, 0.3) is 10.9 Å². The van der Waals surface area contributed by atoms with Crippen LogP contribution in [-0.2, 0) is 16.1 Å². The number of hydrogen-bond donors (Lipinski definition) is 2. The van der Waals surface area contributed by atoms with E-state index in [-0.39, 0.29) is 37.4 Å². The van der Waals surface area contributed by atoms with Crippen molar-refractivity contribution < 1.29 is 14.7 Å². The highest BCUT2D eigenvalue weighted by Crippen LogP contribution is 2.04. The lowest BCUT2D eigenvalue weighted by Crippen LogP contribution is -2.29. The summed E-state index contributed by atoms with van der Waals surface area (Å²) in [5.74, 6) is -1.26. The number of nitrogens with zero attached hydrogens (tertiary/aromatic N) is 2. The molecule has 0 unspecified atom stereocenters. The fraction of sp³-hybridized carbons (Fsp3) is 0.286. The molecule has 0 spiro atoms. The zero-order valence-corrected chi connectivity index (χ0v) is 11.3. The maximum atomic E-state index is 12.2. The second-order valence-corrected chi connectivity index (χ2v) is 4.50. The first-order valence-electron chi connectivity index (χ1n) is 6.50. The standard InChI is InChI=1S/C14H15N3O4/c18-12(15-7-5-13(19)20)6-8-17-9-16-11-4-2-1-3-10(11)14(17)21/h1-4,9H,5-8H2,(H,15,18)(H,19,20). The normalized spacial score (nSPS) is 10.5. The van der Waals surface area contributed by atoms with Crippen molar-refractivity contribution in [3.8, 4) is 0 Å². The Morgan fingerprint density at radius 2 is 2.00 bits per heavy atom. The molecule has 2 N–H and O–H groups in total. The molecule has 2 aromatic rings. The van der Waals surface area contributed by atoms with Crippen molar-refractivity contribution in [2.45, 2.75) is 19.4 Å². The first-order chi connectivity index (χ1) is 10.1. The molecule has 0 fully saturated rings. The molecule has 110 valence electrons. The SMILES string of the molecule is O=C(O)CCNC(=O)CCn1cnc2ccccc2c1=O. The largest absolute Gasteiger partial charge is 0.481 e. The van der Waals surface area contributed by atoms with Crippen molar-refractivity contribution in [1.82, 2.24) is 14.9 Å². The van der Waals surface area contributed by atoms with Gasteiger partial charge in [0.15, 0.2) is 0 Å². The van der Waals surface area contributed by atoms with Crippen molar-refractivity contribution >= 4 is 22.8 Å². The molecule has 0 atom stereocenters. The number of amides is 1. The Kier molecular flexibility index (Phi) is 4.65. The van der Waals surface area contributed by atoms with E-state index >= 15 is 0 Å². The predicted molar refractivity (Wildman–Crippen MR) is 75.9 cm³/mol. The van der Waals surface area contributed by atoms with Crippen molar-refractivity contribution in [3.63, 3.8) is 0 Å². The van der Waals surface area contributed by atoms with Crippen LogP contribution in [0.4, 0.5) is 0 Å². The summed E-state index contributed by atoms with van der Waals surface area (Å²) in [6, 6.07) is 7.00. The number of fused-ring (bicyclic) bond motifs is 1. The van der Waals surface area contributed by atoms with Gasteiger partial charge in [0.1, 0.15) is 0 Å². The molecular formula is C14H15N3O4. The Morgan fingerprint density at radius 1 is 1.24 bits per heavy atom. The molecule has 0 radical (unpaired) electrons. The second kappa shape index (κ2) is 6.65. The highest BCUT2D eigenvalue weighted by molar-refractivity contribution is 5.78. The van der Waals surface area contributed by atoms with Crippen LogP contribution in [0.2, 0.25) is 0 Å². The summed E-state index contributed by atoms with van der Waals surface area (Å²) in [6.45, 7) is 0.286. The number of carboxylic acid groups (broad SMARTS) is 1. The number of carbonyl (C=O) groups excluding carboxylic acids is 1. The van der Waals surface area contributed by atoms with E-state index < -0.39 is 5.97 Å². The summed E-state index contributed by atoms with van der Waals surface area (Å²) in [4.78, 5) is 38.2.